The van der Waals surface area contributed by atoms with Crippen molar-refractivity contribution in [2.24, 2.45) is 4.99 Å². The standard InChI is InChI=1S/C12H15N3O/c16-15(14-8-4-1-5-9-14)10-13-11-6-2-3-7-12(11)15/h2-3,6-7,10H,1,4-5,8-9H2. The van der Waals surface area contributed by atoms with Crippen LogP contribution in [0.25, 0.3) is 0 Å². The van der Waals surface area contributed by atoms with Gasteiger partial charge in [0.1, 0.15) is 5.69 Å². The molecule has 4 heteroatoms. The molecule has 84 valence electrons. The summed E-state index contributed by atoms with van der Waals surface area (Å²) in [5.74, 6) is 0. The van der Waals surface area contributed by atoms with E-state index in [2.05, 4.69) is 4.99 Å². The Labute approximate surface area is 95.0 Å². The van der Waals surface area contributed by atoms with Gasteiger partial charge >= 0.3 is 0 Å². The fraction of sp³-hybridized carbons (Fsp3) is 0.417. The topological polar surface area (TPSA) is 38.7 Å². The lowest BCUT2D eigenvalue weighted by Gasteiger charge is -2.44. The highest BCUT2D eigenvalue weighted by Crippen LogP contribution is 2.39. The summed E-state index contributed by atoms with van der Waals surface area (Å²) in [5, 5.41) is 14.8. The summed E-state index contributed by atoms with van der Waals surface area (Å²) in [6, 6.07) is 7.60. The van der Waals surface area contributed by atoms with Crippen molar-refractivity contribution in [3.05, 3.63) is 29.5 Å². The van der Waals surface area contributed by atoms with E-state index < -0.39 is 4.76 Å². The number of hydrogen-bond donors (Lipinski definition) is 0. The van der Waals surface area contributed by atoms with Crippen LogP contribution < -0.4 is 4.76 Å². The van der Waals surface area contributed by atoms with Gasteiger partial charge in [0.25, 0.3) is 0 Å². The third-order valence-corrected chi connectivity index (χ3v) is 3.33. The quantitative estimate of drug-likeness (QED) is 0.535. The van der Waals surface area contributed by atoms with Crippen LogP contribution in [-0.4, -0.2) is 24.4 Å². The van der Waals surface area contributed by atoms with Crippen LogP contribution in [0.5, 0.6) is 0 Å². The molecule has 2 aliphatic rings. The Hall–Kier alpha value is -1.23. The smallest absolute Gasteiger partial charge is 0.216 e. The molecule has 0 radical (unpaired) electrons. The van der Waals surface area contributed by atoms with Crippen molar-refractivity contribution in [2.45, 2.75) is 19.3 Å². The Morgan fingerprint density at radius 1 is 1.12 bits per heavy atom. The highest BCUT2D eigenvalue weighted by Gasteiger charge is 2.35. The van der Waals surface area contributed by atoms with Gasteiger partial charge in [-0.3, -0.25) is 0 Å². The average molecular weight is 217 g/mol. The van der Waals surface area contributed by atoms with Gasteiger partial charge in [-0.05, 0) is 18.9 Å². The van der Waals surface area contributed by atoms with Gasteiger partial charge in [0.2, 0.25) is 6.34 Å². The maximum absolute atomic E-state index is 12.8. The lowest BCUT2D eigenvalue weighted by molar-refractivity contribution is 0.0777. The number of rotatable bonds is 1. The van der Waals surface area contributed by atoms with E-state index in [1.807, 2.05) is 29.3 Å². The number of aliphatic imine (C=N–C) groups is 1. The Bertz CT molecular complexity index is 426. The minimum Gasteiger partial charge on any atom is -0.600 e. The average Bonchev–Trinajstić information content (AvgIpc) is 2.71. The van der Waals surface area contributed by atoms with E-state index in [1.165, 1.54) is 12.8 Å². The molecule has 0 amide bonds. The van der Waals surface area contributed by atoms with Crippen LogP contribution in [0, 0.1) is 5.21 Å². The first-order valence-electron chi connectivity index (χ1n) is 5.81. The van der Waals surface area contributed by atoms with Crippen molar-refractivity contribution >= 4 is 17.7 Å². The van der Waals surface area contributed by atoms with Crippen molar-refractivity contribution in [1.29, 1.82) is 0 Å². The molecule has 4 nitrogen and oxygen atoms in total. The predicted octanol–water partition coefficient (Wildman–Crippen LogP) is 2.57. The minimum absolute atomic E-state index is 0.490. The molecule has 2 heterocycles. The number of quaternary nitrogens is 1. The largest absolute Gasteiger partial charge is 0.600 e. The molecule has 0 bridgehead atoms. The number of para-hydroxylation sites is 2. The van der Waals surface area contributed by atoms with E-state index in [-0.39, 0.29) is 0 Å². The normalized spacial score (nSPS) is 29.3. The number of benzene rings is 1. The number of fused-ring (bicyclic) bond motifs is 1. The first kappa shape index (κ1) is 9.96. The van der Waals surface area contributed by atoms with Gasteiger partial charge in [0, 0.05) is 19.2 Å². The molecule has 1 fully saturated rings. The number of hydroxylamine groups is 1. The monoisotopic (exact) mass is 217 g/mol. The first-order valence-corrected chi connectivity index (χ1v) is 5.81. The summed E-state index contributed by atoms with van der Waals surface area (Å²) >= 11 is 0. The highest BCUT2D eigenvalue weighted by atomic mass is 16.6. The maximum Gasteiger partial charge on any atom is 0.216 e. The third kappa shape index (κ3) is 1.38. The predicted molar refractivity (Wildman–Crippen MR) is 65.2 cm³/mol. The van der Waals surface area contributed by atoms with Gasteiger partial charge in [0.05, 0.1) is 0 Å². The lowest BCUT2D eigenvalue weighted by atomic mass is 10.1. The molecule has 1 unspecified atom stereocenters. The van der Waals surface area contributed by atoms with E-state index in [0.29, 0.717) is 0 Å². The SMILES string of the molecule is [O-][N+]1(N2CCCCC2)C=Nc2ccccc21. The molecule has 3 rings (SSSR count). The van der Waals surface area contributed by atoms with Crippen molar-refractivity contribution in [1.82, 2.24) is 9.76 Å². The summed E-state index contributed by atoms with van der Waals surface area (Å²) in [5.41, 5.74) is 1.56. The molecular weight excluding hydrogens is 202 g/mol. The van der Waals surface area contributed by atoms with E-state index >= 15 is 0 Å². The Morgan fingerprint density at radius 3 is 2.69 bits per heavy atom. The zero-order valence-electron chi connectivity index (χ0n) is 9.17. The molecular formula is C12H15N3O. The molecule has 0 saturated carbocycles. The summed E-state index contributed by atoms with van der Waals surface area (Å²) in [6.45, 7) is 1.73. The molecule has 16 heavy (non-hydrogen) atoms. The van der Waals surface area contributed by atoms with Crippen molar-refractivity contribution in [2.75, 3.05) is 13.1 Å². The first-order chi connectivity index (χ1) is 7.81. The van der Waals surface area contributed by atoms with Crippen LogP contribution in [0.4, 0.5) is 11.4 Å². The van der Waals surface area contributed by atoms with Gasteiger partial charge in [0.15, 0.2) is 5.69 Å². The van der Waals surface area contributed by atoms with Crippen LogP contribution in [0.15, 0.2) is 29.3 Å². The van der Waals surface area contributed by atoms with Crippen LogP contribution in [-0.2, 0) is 0 Å². The second kappa shape index (κ2) is 3.66. The molecule has 1 aromatic rings. The highest BCUT2D eigenvalue weighted by molar-refractivity contribution is 5.88. The Morgan fingerprint density at radius 2 is 1.88 bits per heavy atom. The van der Waals surface area contributed by atoms with E-state index in [1.54, 1.807) is 0 Å². The molecule has 0 spiro atoms. The summed E-state index contributed by atoms with van der Waals surface area (Å²) in [4.78, 5) is 4.22. The fourth-order valence-electron chi connectivity index (χ4n) is 2.45. The van der Waals surface area contributed by atoms with Crippen molar-refractivity contribution in [3.8, 4) is 0 Å². The molecule has 0 N–H and O–H groups in total. The molecule has 0 aliphatic carbocycles. The molecule has 2 aliphatic heterocycles. The van der Waals surface area contributed by atoms with E-state index in [4.69, 9.17) is 0 Å². The number of nitrogens with zero attached hydrogens (tertiary/aromatic N) is 3. The fourth-order valence-corrected chi connectivity index (χ4v) is 2.45. The molecule has 1 atom stereocenters. The molecule has 1 saturated heterocycles. The van der Waals surface area contributed by atoms with Crippen LogP contribution in [0.3, 0.4) is 0 Å². The van der Waals surface area contributed by atoms with Gasteiger partial charge in [-0.2, -0.15) is 4.99 Å². The van der Waals surface area contributed by atoms with Gasteiger partial charge < -0.3 is 5.21 Å². The lowest BCUT2D eigenvalue weighted by Crippen LogP contribution is -2.57. The van der Waals surface area contributed by atoms with Crippen LogP contribution in [0.2, 0.25) is 0 Å². The van der Waals surface area contributed by atoms with Gasteiger partial charge in [-0.25, -0.2) is 4.76 Å². The summed E-state index contributed by atoms with van der Waals surface area (Å²) in [7, 11) is 0. The Balaban J connectivity index is 1.97. The summed E-state index contributed by atoms with van der Waals surface area (Å²) in [6.07, 6.45) is 4.96. The van der Waals surface area contributed by atoms with Crippen LogP contribution >= 0.6 is 0 Å². The summed E-state index contributed by atoms with van der Waals surface area (Å²) < 4.78 is -0.490. The van der Waals surface area contributed by atoms with Crippen LogP contribution in [0.1, 0.15) is 19.3 Å². The van der Waals surface area contributed by atoms with Gasteiger partial charge in [-0.15, -0.1) is 5.01 Å². The van der Waals surface area contributed by atoms with Crippen molar-refractivity contribution < 1.29 is 0 Å². The van der Waals surface area contributed by atoms with Crippen molar-refractivity contribution in [3.63, 3.8) is 0 Å². The minimum atomic E-state index is -0.490. The zero-order valence-corrected chi connectivity index (χ0v) is 9.17. The zero-order chi connectivity index (χ0) is 11.0. The van der Waals surface area contributed by atoms with Gasteiger partial charge in [-0.1, -0.05) is 18.6 Å². The second-order valence-electron chi connectivity index (χ2n) is 4.37. The Kier molecular flexibility index (Phi) is 2.28. The third-order valence-electron chi connectivity index (χ3n) is 3.33. The van der Waals surface area contributed by atoms with E-state index in [0.717, 1.165) is 37.3 Å². The number of hydrogen-bond acceptors (Lipinski definition) is 3. The van der Waals surface area contributed by atoms with E-state index in [9.17, 15) is 5.21 Å². The second-order valence-corrected chi connectivity index (χ2v) is 4.37. The molecule has 1 aromatic carbocycles. The molecule has 0 aromatic heterocycles. The maximum atomic E-state index is 12.8. The number of piperidine rings is 1.